The molecule has 2 aliphatic heterocycles. The molecule has 3 nitrogen and oxygen atoms in total. The molecule has 2 atom stereocenters. The number of hydroxylamine groups is 2. The van der Waals surface area contributed by atoms with Crippen molar-refractivity contribution in [3.05, 3.63) is 102 Å². The van der Waals surface area contributed by atoms with Crippen LogP contribution in [0.25, 0.3) is 0 Å². The Bertz CT molecular complexity index is 910. The highest BCUT2D eigenvalue weighted by atomic mass is 16.7. The highest BCUT2D eigenvalue weighted by molar-refractivity contribution is 5.50. The summed E-state index contributed by atoms with van der Waals surface area (Å²) < 4.78 is 0. The van der Waals surface area contributed by atoms with Crippen LogP contribution in [0.2, 0.25) is 0 Å². The molecule has 0 N–H and O–H groups in total. The maximum absolute atomic E-state index is 6.50. The van der Waals surface area contributed by atoms with Gasteiger partial charge in [-0.3, -0.25) is 4.84 Å². The van der Waals surface area contributed by atoms with Crippen molar-refractivity contribution in [2.24, 2.45) is 0 Å². The first kappa shape index (κ1) is 16.5. The zero-order chi connectivity index (χ0) is 18.3. The number of rotatable bonds is 3. The van der Waals surface area contributed by atoms with E-state index in [0.29, 0.717) is 0 Å². The molecule has 5 rings (SSSR count). The summed E-state index contributed by atoms with van der Waals surface area (Å²) in [5, 5.41) is 2.21. The smallest absolute Gasteiger partial charge is 0.107 e. The van der Waals surface area contributed by atoms with Gasteiger partial charge in [-0.25, -0.2) is 0 Å². The molecule has 0 amide bonds. The summed E-state index contributed by atoms with van der Waals surface area (Å²) in [4.78, 5) is 8.92. The fraction of sp³-hybridized carbons (Fsp3) is 0.250. The number of fused-ring (bicyclic) bond motifs is 1. The van der Waals surface area contributed by atoms with E-state index in [9.17, 15) is 0 Å². The van der Waals surface area contributed by atoms with E-state index in [1.807, 2.05) is 0 Å². The molecule has 0 radical (unpaired) electrons. The lowest BCUT2D eigenvalue weighted by Crippen LogP contribution is -2.37. The minimum atomic E-state index is -0.118. The molecule has 27 heavy (non-hydrogen) atoms. The first-order valence-corrected chi connectivity index (χ1v) is 9.61. The van der Waals surface area contributed by atoms with Crippen molar-refractivity contribution in [1.82, 2.24) is 5.06 Å². The minimum Gasteiger partial charge on any atom is -0.354 e. The molecule has 0 aliphatic carbocycles. The Hall–Kier alpha value is -2.62. The van der Waals surface area contributed by atoms with E-state index in [4.69, 9.17) is 4.84 Å². The summed E-state index contributed by atoms with van der Waals surface area (Å²) in [6.07, 6.45) is 1.07. The topological polar surface area (TPSA) is 15.7 Å². The number of hydrogen-bond donors (Lipinski definition) is 0. The average molecular weight is 356 g/mol. The fourth-order valence-electron chi connectivity index (χ4n) is 4.41. The van der Waals surface area contributed by atoms with Gasteiger partial charge in [0, 0.05) is 18.7 Å². The highest BCUT2D eigenvalue weighted by Gasteiger charge is 2.54. The van der Waals surface area contributed by atoms with E-state index in [1.54, 1.807) is 0 Å². The Morgan fingerprint density at radius 3 is 2.22 bits per heavy atom. The largest absolute Gasteiger partial charge is 0.354 e. The van der Waals surface area contributed by atoms with Gasteiger partial charge in [-0.15, -0.1) is 0 Å². The van der Waals surface area contributed by atoms with Crippen LogP contribution in [0.1, 0.15) is 29.2 Å². The lowest BCUT2D eigenvalue weighted by molar-refractivity contribution is -0.172. The molecule has 2 fully saturated rings. The van der Waals surface area contributed by atoms with Gasteiger partial charge in [0.1, 0.15) is 6.10 Å². The van der Waals surface area contributed by atoms with Gasteiger partial charge in [-0.2, -0.15) is 5.06 Å². The summed E-state index contributed by atoms with van der Waals surface area (Å²) in [6, 6.07) is 30.2. The van der Waals surface area contributed by atoms with Gasteiger partial charge in [0.05, 0.1) is 12.2 Å². The van der Waals surface area contributed by atoms with Crippen molar-refractivity contribution in [2.45, 2.75) is 25.0 Å². The summed E-state index contributed by atoms with van der Waals surface area (Å²) in [5.74, 6) is 0. The van der Waals surface area contributed by atoms with Gasteiger partial charge in [-0.05, 0) is 30.2 Å². The molecule has 0 spiro atoms. The maximum atomic E-state index is 6.50. The van der Waals surface area contributed by atoms with Crippen LogP contribution in [0.4, 0.5) is 5.69 Å². The molecule has 2 heterocycles. The molecular formula is C24H24N2O. The van der Waals surface area contributed by atoms with Crippen LogP contribution in [-0.4, -0.2) is 18.3 Å². The molecular weight excluding hydrogens is 332 g/mol. The monoisotopic (exact) mass is 356 g/mol. The van der Waals surface area contributed by atoms with E-state index in [2.05, 4.69) is 102 Å². The van der Waals surface area contributed by atoms with Crippen LogP contribution in [0.5, 0.6) is 0 Å². The van der Waals surface area contributed by atoms with Gasteiger partial charge < -0.3 is 4.90 Å². The van der Waals surface area contributed by atoms with Crippen LogP contribution in [0, 0.1) is 6.92 Å². The maximum Gasteiger partial charge on any atom is 0.107 e. The predicted molar refractivity (Wildman–Crippen MR) is 108 cm³/mol. The Morgan fingerprint density at radius 1 is 0.852 bits per heavy atom. The van der Waals surface area contributed by atoms with Crippen molar-refractivity contribution < 1.29 is 4.84 Å². The third kappa shape index (κ3) is 2.84. The van der Waals surface area contributed by atoms with Gasteiger partial charge in [-0.1, -0.05) is 78.4 Å². The Morgan fingerprint density at radius 2 is 1.52 bits per heavy atom. The normalized spacial score (nSPS) is 24.9. The molecule has 0 bridgehead atoms. The molecule has 3 heteroatoms. The predicted octanol–water partition coefficient (Wildman–Crippen LogP) is 5.05. The Labute approximate surface area is 160 Å². The number of benzene rings is 3. The zero-order valence-electron chi connectivity index (χ0n) is 15.6. The molecule has 3 aromatic rings. The van der Waals surface area contributed by atoms with Gasteiger partial charge in [0.25, 0.3) is 0 Å². The molecule has 3 aromatic carbocycles. The van der Waals surface area contributed by atoms with Crippen LogP contribution in [-0.2, 0) is 10.4 Å². The fourth-order valence-corrected chi connectivity index (χ4v) is 4.41. The lowest BCUT2D eigenvalue weighted by Gasteiger charge is -2.28. The quantitative estimate of drug-likeness (QED) is 0.653. The van der Waals surface area contributed by atoms with E-state index in [0.717, 1.165) is 19.6 Å². The van der Waals surface area contributed by atoms with Crippen molar-refractivity contribution in [1.29, 1.82) is 0 Å². The molecule has 2 aliphatic rings. The molecule has 136 valence electrons. The molecule has 0 aromatic heterocycles. The third-order valence-electron chi connectivity index (χ3n) is 5.89. The number of nitrogens with zero attached hydrogens (tertiary/aromatic N) is 2. The second-order valence-electron chi connectivity index (χ2n) is 7.66. The van der Waals surface area contributed by atoms with Gasteiger partial charge in [0.2, 0.25) is 0 Å². The van der Waals surface area contributed by atoms with Crippen molar-refractivity contribution in [3.8, 4) is 0 Å². The highest BCUT2D eigenvalue weighted by Crippen LogP contribution is 2.50. The first-order valence-electron chi connectivity index (χ1n) is 9.61. The van der Waals surface area contributed by atoms with Crippen molar-refractivity contribution in [3.63, 3.8) is 0 Å². The van der Waals surface area contributed by atoms with E-state index in [1.165, 1.54) is 22.4 Å². The van der Waals surface area contributed by atoms with Crippen molar-refractivity contribution >= 4 is 5.69 Å². The van der Waals surface area contributed by atoms with Crippen LogP contribution in [0.15, 0.2) is 84.9 Å². The molecule has 2 saturated heterocycles. The number of aryl methyl sites for hydroxylation is 1. The van der Waals surface area contributed by atoms with E-state index >= 15 is 0 Å². The standard InChI is InChI=1S/C24H24N2O/c1-19-12-14-22(15-13-19)25-17-24(21-10-6-3-7-11-21)16-23(27-26(24)18-25)20-8-4-2-5-9-20/h2-15,23H,16-18H2,1H3/t23-,24-/m0/s1. The zero-order valence-corrected chi connectivity index (χ0v) is 15.6. The summed E-state index contributed by atoms with van der Waals surface area (Å²) in [6.45, 7) is 3.84. The molecule has 0 saturated carbocycles. The molecule has 0 unspecified atom stereocenters. The summed E-state index contributed by atoms with van der Waals surface area (Å²) in [5.41, 5.74) is 5.01. The van der Waals surface area contributed by atoms with E-state index < -0.39 is 0 Å². The number of hydrogen-bond acceptors (Lipinski definition) is 3. The van der Waals surface area contributed by atoms with Gasteiger partial charge >= 0.3 is 0 Å². The number of anilines is 1. The van der Waals surface area contributed by atoms with Crippen molar-refractivity contribution in [2.75, 3.05) is 18.1 Å². The SMILES string of the molecule is Cc1ccc(N2CN3O[C@H](c4ccccc4)C[C@@]3(c3ccccc3)C2)cc1. The van der Waals surface area contributed by atoms with E-state index in [-0.39, 0.29) is 11.6 Å². The third-order valence-corrected chi connectivity index (χ3v) is 5.89. The summed E-state index contributed by atoms with van der Waals surface area (Å²) >= 11 is 0. The van der Waals surface area contributed by atoms with Crippen LogP contribution >= 0.6 is 0 Å². The van der Waals surface area contributed by atoms with Crippen LogP contribution in [0.3, 0.4) is 0 Å². The Balaban J connectivity index is 1.50. The van der Waals surface area contributed by atoms with Gasteiger partial charge in [0.15, 0.2) is 0 Å². The summed E-state index contributed by atoms with van der Waals surface area (Å²) in [7, 11) is 0. The Kier molecular flexibility index (Phi) is 4.00. The second-order valence-corrected chi connectivity index (χ2v) is 7.66. The minimum absolute atomic E-state index is 0.103. The lowest BCUT2D eigenvalue weighted by atomic mass is 9.84. The first-order chi connectivity index (χ1) is 13.2. The second kappa shape index (κ2) is 6.52. The average Bonchev–Trinajstić information content (AvgIpc) is 3.26. The van der Waals surface area contributed by atoms with Crippen LogP contribution < -0.4 is 4.90 Å².